The Morgan fingerprint density at radius 3 is 2.92 bits per heavy atom. The van der Waals surface area contributed by atoms with Gasteiger partial charge in [0.2, 0.25) is 0 Å². The standard InChI is InChI=1S/C19H24N4O/c24-19(20-10-5-13-23-11-3-4-12-23)18-16-9-8-14-6-1-2-7-15(14)17(16)21-22-18/h1-2,6-7H,3-5,8-13H2,(H,20,24)(H,21,22). The summed E-state index contributed by atoms with van der Waals surface area (Å²) in [4.78, 5) is 15.0. The predicted octanol–water partition coefficient (Wildman–Crippen LogP) is 2.39. The van der Waals surface area contributed by atoms with Crippen LogP contribution in [0.3, 0.4) is 0 Å². The number of nitrogens with zero attached hydrogens (tertiary/aromatic N) is 2. The molecule has 5 nitrogen and oxygen atoms in total. The van der Waals surface area contributed by atoms with Crippen molar-refractivity contribution in [1.82, 2.24) is 20.4 Å². The third kappa shape index (κ3) is 2.96. The fourth-order valence-corrected chi connectivity index (χ4v) is 3.85. The van der Waals surface area contributed by atoms with Gasteiger partial charge in [-0.1, -0.05) is 24.3 Å². The lowest BCUT2D eigenvalue weighted by molar-refractivity contribution is 0.0946. The Morgan fingerprint density at radius 1 is 1.21 bits per heavy atom. The third-order valence-corrected chi connectivity index (χ3v) is 5.15. The maximum absolute atomic E-state index is 12.5. The molecule has 1 aliphatic carbocycles. The Bertz CT molecular complexity index is 731. The van der Waals surface area contributed by atoms with Gasteiger partial charge >= 0.3 is 0 Å². The largest absolute Gasteiger partial charge is 0.351 e. The second kappa shape index (κ2) is 6.77. The van der Waals surface area contributed by atoms with E-state index in [0.29, 0.717) is 5.69 Å². The van der Waals surface area contributed by atoms with Crippen LogP contribution in [0.5, 0.6) is 0 Å². The molecule has 2 N–H and O–H groups in total. The van der Waals surface area contributed by atoms with Crippen LogP contribution in [0.25, 0.3) is 11.3 Å². The quantitative estimate of drug-likeness (QED) is 0.830. The molecule has 1 aliphatic heterocycles. The summed E-state index contributed by atoms with van der Waals surface area (Å²) in [6.45, 7) is 4.22. The Balaban J connectivity index is 1.39. The van der Waals surface area contributed by atoms with Crippen LogP contribution in [0.1, 0.15) is 40.9 Å². The van der Waals surface area contributed by atoms with Crippen LogP contribution in [0.2, 0.25) is 0 Å². The Labute approximate surface area is 142 Å². The maximum Gasteiger partial charge on any atom is 0.269 e. The highest BCUT2D eigenvalue weighted by Crippen LogP contribution is 2.33. The van der Waals surface area contributed by atoms with E-state index in [1.54, 1.807) is 0 Å². The summed E-state index contributed by atoms with van der Waals surface area (Å²) >= 11 is 0. The molecule has 0 spiro atoms. The average molecular weight is 324 g/mol. The number of carbonyl (C=O) groups is 1. The highest BCUT2D eigenvalue weighted by molar-refractivity contribution is 5.96. The normalized spacial score (nSPS) is 16.7. The predicted molar refractivity (Wildman–Crippen MR) is 94.1 cm³/mol. The van der Waals surface area contributed by atoms with Crippen LogP contribution in [-0.4, -0.2) is 47.2 Å². The fraction of sp³-hybridized carbons (Fsp3) is 0.474. The van der Waals surface area contributed by atoms with E-state index in [1.165, 1.54) is 31.5 Å². The van der Waals surface area contributed by atoms with Gasteiger partial charge in [0, 0.05) is 17.7 Å². The number of likely N-dealkylation sites (tertiary alicyclic amines) is 1. The number of aromatic nitrogens is 2. The molecule has 1 aromatic carbocycles. The molecule has 0 bridgehead atoms. The lowest BCUT2D eigenvalue weighted by Gasteiger charge is -2.16. The smallest absolute Gasteiger partial charge is 0.269 e. The van der Waals surface area contributed by atoms with Crippen LogP contribution in [0.15, 0.2) is 24.3 Å². The number of nitrogens with one attached hydrogen (secondary N) is 2. The number of fused-ring (bicyclic) bond motifs is 3. The van der Waals surface area contributed by atoms with Crippen LogP contribution in [-0.2, 0) is 12.8 Å². The minimum absolute atomic E-state index is 0.0236. The number of amides is 1. The van der Waals surface area contributed by atoms with Crippen molar-refractivity contribution in [2.75, 3.05) is 26.2 Å². The minimum atomic E-state index is -0.0236. The molecule has 0 atom stereocenters. The molecular formula is C19H24N4O. The van der Waals surface area contributed by atoms with Gasteiger partial charge in [-0.2, -0.15) is 5.10 Å². The number of rotatable bonds is 5. The summed E-state index contributed by atoms with van der Waals surface area (Å²) < 4.78 is 0. The molecule has 0 unspecified atom stereocenters. The van der Waals surface area contributed by atoms with Crippen molar-refractivity contribution in [3.8, 4) is 11.3 Å². The Hall–Kier alpha value is -2.14. The second-order valence-corrected chi connectivity index (χ2v) is 6.74. The number of carbonyl (C=O) groups excluding carboxylic acids is 1. The fourth-order valence-electron chi connectivity index (χ4n) is 3.85. The van der Waals surface area contributed by atoms with E-state index in [2.05, 4.69) is 38.6 Å². The average Bonchev–Trinajstić information content (AvgIpc) is 3.28. The molecule has 24 heavy (non-hydrogen) atoms. The Kier molecular flexibility index (Phi) is 4.34. The summed E-state index contributed by atoms with van der Waals surface area (Å²) in [6, 6.07) is 8.32. The highest BCUT2D eigenvalue weighted by atomic mass is 16.1. The number of hydrogen-bond acceptors (Lipinski definition) is 3. The molecule has 1 aromatic heterocycles. The van der Waals surface area contributed by atoms with Crippen molar-refractivity contribution >= 4 is 5.91 Å². The summed E-state index contributed by atoms with van der Waals surface area (Å²) in [5, 5.41) is 10.4. The molecule has 1 saturated heterocycles. The first-order chi connectivity index (χ1) is 11.8. The number of hydrogen-bond donors (Lipinski definition) is 2. The minimum Gasteiger partial charge on any atom is -0.351 e. The van der Waals surface area contributed by atoms with Crippen LogP contribution < -0.4 is 5.32 Å². The van der Waals surface area contributed by atoms with E-state index in [1.807, 2.05) is 6.07 Å². The van der Waals surface area contributed by atoms with Crippen LogP contribution in [0, 0.1) is 0 Å². The molecule has 5 heteroatoms. The zero-order chi connectivity index (χ0) is 16.4. The maximum atomic E-state index is 12.5. The van der Waals surface area contributed by atoms with Gasteiger partial charge in [-0.3, -0.25) is 9.89 Å². The van der Waals surface area contributed by atoms with Gasteiger partial charge in [0.15, 0.2) is 0 Å². The summed E-state index contributed by atoms with van der Waals surface area (Å²) in [7, 11) is 0. The van der Waals surface area contributed by atoms with E-state index in [9.17, 15) is 4.79 Å². The van der Waals surface area contributed by atoms with Crippen molar-refractivity contribution in [3.63, 3.8) is 0 Å². The molecule has 1 fully saturated rings. The molecule has 126 valence electrons. The van der Waals surface area contributed by atoms with Gasteiger partial charge in [-0.15, -0.1) is 0 Å². The molecule has 0 saturated carbocycles. The van der Waals surface area contributed by atoms with Gasteiger partial charge in [0.1, 0.15) is 5.69 Å². The van der Waals surface area contributed by atoms with Crippen LogP contribution >= 0.6 is 0 Å². The molecular weight excluding hydrogens is 300 g/mol. The van der Waals surface area contributed by atoms with E-state index >= 15 is 0 Å². The molecule has 1 amide bonds. The lowest BCUT2D eigenvalue weighted by Crippen LogP contribution is -2.29. The van der Waals surface area contributed by atoms with Crippen molar-refractivity contribution in [1.29, 1.82) is 0 Å². The third-order valence-electron chi connectivity index (χ3n) is 5.15. The lowest BCUT2D eigenvalue weighted by atomic mass is 9.89. The van der Waals surface area contributed by atoms with E-state index in [4.69, 9.17) is 0 Å². The first-order valence-corrected chi connectivity index (χ1v) is 8.99. The van der Waals surface area contributed by atoms with E-state index in [0.717, 1.165) is 49.2 Å². The first-order valence-electron chi connectivity index (χ1n) is 8.99. The first kappa shape index (κ1) is 15.4. The van der Waals surface area contributed by atoms with Gasteiger partial charge in [-0.05, 0) is 57.3 Å². The van der Waals surface area contributed by atoms with Gasteiger partial charge in [0.25, 0.3) is 5.91 Å². The highest BCUT2D eigenvalue weighted by Gasteiger charge is 2.24. The van der Waals surface area contributed by atoms with Gasteiger partial charge in [0.05, 0.1) is 5.69 Å². The summed E-state index contributed by atoms with van der Waals surface area (Å²) in [5.41, 5.74) is 5.11. The summed E-state index contributed by atoms with van der Waals surface area (Å²) in [5.74, 6) is -0.0236. The zero-order valence-corrected chi connectivity index (χ0v) is 14.0. The zero-order valence-electron chi connectivity index (χ0n) is 14.0. The Morgan fingerprint density at radius 2 is 2.04 bits per heavy atom. The number of benzene rings is 1. The van der Waals surface area contributed by atoms with E-state index in [-0.39, 0.29) is 5.91 Å². The number of aryl methyl sites for hydroxylation is 1. The van der Waals surface area contributed by atoms with E-state index < -0.39 is 0 Å². The van der Waals surface area contributed by atoms with Crippen molar-refractivity contribution in [2.45, 2.75) is 32.1 Å². The number of aromatic amines is 1. The molecule has 4 rings (SSSR count). The summed E-state index contributed by atoms with van der Waals surface area (Å²) in [6.07, 6.45) is 5.48. The molecule has 2 aliphatic rings. The SMILES string of the molecule is O=C(NCCCN1CCCC1)c1[nH]nc2c1CCc1ccccc1-2. The monoisotopic (exact) mass is 324 g/mol. The topological polar surface area (TPSA) is 61.0 Å². The van der Waals surface area contributed by atoms with Gasteiger partial charge in [-0.25, -0.2) is 0 Å². The molecule has 2 heterocycles. The van der Waals surface area contributed by atoms with Crippen molar-refractivity contribution < 1.29 is 4.79 Å². The van der Waals surface area contributed by atoms with Crippen LogP contribution in [0.4, 0.5) is 0 Å². The molecule has 2 aromatic rings. The second-order valence-electron chi connectivity index (χ2n) is 6.74. The van der Waals surface area contributed by atoms with Gasteiger partial charge < -0.3 is 10.2 Å². The van der Waals surface area contributed by atoms with Crippen molar-refractivity contribution in [2.24, 2.45) is 0 Å². The van der Waals surface area contributed by atoms with Crippen molar-refractivity contribution in [3.05, 3.63) is 41.1 Å². The molecule has 0 radical (unpaired) electrons. The number of H-pyrrole nitrogens is 1.